The van der Waals surface area contributed by atoms with E-state index in [-0.39, 0.29) is 18.5 Å². The van der Waals surface area contributed by atoms with Gasteiger partial charge in [0.1, 0.15) is 11.6 Å². The molecule has 0 atom stereocenters. The zero-order valence-corrected chi connectivity index (χ0v) is 12.4. The molecule has 2 rings (SSSR count). The molecule has 1 fully saturated rings. The summed E-state index contributed by atoms with van der Waals surface area (Å²) in [6, 6.07) is 1.69. The van der Waals surface area contributed by atoms with Crippen LogP contribution < -0.4 is 10.6 Å². The van der Waals surface area contributed by atoms with Crippen LogP contribution in [0, 0.1) is 11.3 Å². The Morgan fingerprint density at radius 2 is 2.24 bits per heavy atom. The number of amides is 2. The SMILES string of the molecule is CC(C)n1cc(C#N)c(NC(=O)NC2(CO)CCCC2)n1. The minimum absolute atomic E-state index is 0.0774. The summed E-state index contributed by atoms with van der Waals surface area (Å²) in [7, 11) is 0. The van der Waals surface area contributed by atoms with E-state index in [0.717, 1.165) is 25.7 Å². The molecular formula is C14H21N5O2. The number of nitrogens with zero attached hydrogens (tertiary/aromatic N) is 3. The first-order valence-electron chi connectivity index (χ1n) is 7.19. The number of anilines is 1. The Bertz CT molecular complexity index is 552. The van der Waals surface area contributed by atoms with E-state index in [1.807, 2.05) is 19.9 Å². The van der Waals surface area contributed by atoms with Crippen LogP contribution in [0.2, 0.25) is 0 Å². The number of carbonyl (C=O) groups excluding carboxylic acids is 1. The van der Waals surface area contributed by atoms with Gasteiger partial charge in [0.25, 0.3) is 0 Å². The molecule has 0 aliphatic heterocycles. The van der Waals surface area contributed by atoms with E-state index in [1.165, 1.54) is 0 Å². The standard InChI is InChI=1S/C14H21N5O2/c1-10(2)19-8-11(7-15)12(18-19)16-13(21)17-14(9-20)5-3-4-6-14/h8,10,20H,3-6,9H2,1-2H3,(H2,16,17,18,21). The minimum atomic E-state index is -0.544. The lowest BCUT2D eigenvalue weighted by molar-refractivity contribution is 0.167. The van der Waals surface area contributed by atoms with Gasteiger partial charge in [-0.25, -0.2) is 4.79 Å². The van der Waals surface area contributed by atoms with Gasteiger partial charge in [-0.2, -0.15) is 10.4 Å². The monoisotopic (exact) mass is 291 g/mol. The molecule has 0 spiro atoms. The van der Waals surface area contributed by atoms with Crippen molar-refractivity contribution in [1.82, 2.24) is 15.1 Å². The van der Waals surface area contributed by atoms with Crippen molar-refractivity contribution in [2.24, 2.45) is 0 Å². The highest BCUT2D eigenvalue weighted by Crippen LogP contribution is 2.29. The summed E-state index contributed by atoms with van der Waals surface area (Å²) >= 11 is 0. The predicted molar refractivity (Wildman–Crippen MR) is 77.8 cm³/mol. The lowest BCUT2D eigenvalue weighted by Crippen LogP contribution is -2.50. The Hall–Kier alpha value is -2.07. The summed E-state index contributed by atoms with van der Waals surface area (Å²) in [5.41, 5.74) is -0.222. The highest BCUT2D eigenvalue weighted by Gasteiger charge is 2.34. The Labute approximate surface area is 123 Å². The largest absolute Gasteiger partial charge is 0.394 e. The third-order valence-corrected chi connectivity index (χ3v) is 3.86. The second-order valence-corrected chi connectivity index (χ2v) is 5.80. The number of nitriles is 1. The topological polar surface area (TPSA) is 103 Å². The molecule has 1 aromatic heterocycles. The van der Waals surface area contributed by atoms with Crippen LogP contribution >= 0.6 is 0 Å². The second kappa shape index (κ2) is 6.14. The summed E-state index contributed by atoms with van der Waals surface area (Å²) < 4.78 is 1.63. The van der Waals surface area contributed by atoms with Crippen molar-refractivity contribution in [2.45, 2.75) is 51.1 Å². The molecule has 0 saturated heterocycles. The quantitative estimate of drug-likeness (QED) is 0.786. The molecule has 0 radical (unpaired) electrons. The van der Waals surface area contributed by atoms with Crippen molar-refractivity contribution in [2.75, 3.05) is 11.9 Å². The third-order valence-electron chi connectivity index (χ3n) is 3.86. The number of rotatable bonds is 4. The number of aromatic nitrogens is 2. The zero-order valence-electron chi connectivity index (χ0n) is 12.4. The summed E-state index contributed by atoms with van der Waals surface area (Å²) in [6.07, 6.45) is 5.13. The maximum Gasteiger partial charge on any atom is 0.320 e. The van der Waals surface area contributed by atoms with Crippen molar-refractivity contribution in [1.29, 1.82) is 5.26 Å². The number of hydrogen-bond donors (Lipinski definition) is 3. The van der Waals surface area contributed by atoms with E-state index in [1.54, 1.807) is 10.9 Å². The van der Waals surface area contributed by atoms with Gasteiger partial charge in [0.2, 0.25) is 0 Å². The van der Waals surface area contributed by atoms with Gasteiger partial charge in [-0.1, -0.05) is 12.8 Å². The van der Waals surface area contributed by atoms with E-state index in [4.69, 9.17) is 5.26 Å². The highest BCUT2D eigenvalue weighted by atomic mass is 16.3. The normalized spacial score (nSPS) is 16.7. The summed E-state index contributed by atoms with van der Waals surface area (Å²) in [4.78, 5) is 12.1. The van der Waals surface area contributed by atoms with Crippen LogP contribution in [0.1, 0.15) is 51.1 Å². The molecule has 7 nitrogen and oxygen atoms in total. The van der Waals surface area contributed by atoms with Crippen molar-refractivity contribution >= 4 is 11.8 Å². The Morgan fingerprint density at radius 3 is 2.76 bits per heavy atom. The van der Waals surface area contributed by atoms with Gasteiger partial charge in [0.15, 0.2) is 5.82 Å². The van der Waals surface area contributed by atoms with Gasteiger partial charge >= 0.3 is 6.03 Å². The summed E-state index contributed by atoms with van der Waals surface area (Å²) in [5, 5.41) is 28.2. The first-order chi connectivity index (χ1) is 9.99. The van der Waals surface area contributed by atoms with Crippen molar-refractivity contribution in [3.8, 4) is 6.07 Å². The highest BCUT2D eigenvalue weighted by molar-refractivity contribution is 5.90. The Balaban J connectivity index is 2.07. The molecule has 7 heteroatoms. The molecular weight excluding hydrogens is 270 g/mol. The number of aliphatic hydroxyl groups is 1. The van der Waals surface area contributed by atoms with Gasteiger partial charge in [-0.15, -0.1) is 0 Å². The summed E-state index contributed by atoms with van der Waals surface area (Å²) in [6.45, 7) is 3.81. The van der Waals surface area contributed by atoms with Gasteiger partial charge in [-0.05, 0) is 26.7 Å². The number of hydrogen-bond acceptors (Lipinski definition) is 4. The molecule has 1 saturated carbocycles. The van der Waals surface area contributed by atoms with E-state index >= 15 is 0 Å². The van der Waals surface area contributed by atoms with Crippen molar-refractivity contribution < 1.29 is 9.90 Å². The Kier molecular flexibility index (Phi) is 4.48. The number of urea groups is 1. The van der Waals surface area contributed by atoms with Crippen LogP contribution in [-0.4, -0.2) is 33.1 Å². The van der Waals surface area contributed by atoms with E-state index < -0.39 is 11.6 Å². The van der Waals surface area contributed by atoms with Crippen LogP contribution in [0.3, 0.4) is 0 Å². The fourth-order valence-corrected chi connectivity index (χ4v) is 2.58. The van der Waals surface area contributed by atoms with Gasteiger partial charge in [0, 0.05) is 12.2 Å². The molecule has 1 aromatic rings. The first kappa shape index (κ1) is 15.3. The van der Waals surface area contributed by atoms with E-state index in [0.29, 0.717) is 5.56 Å². The second-order valence-electron chi connectivity index (χ2n) is 5.80. The molecule has 3 N–H and O–H groups in total. The van der Waals surface area contributed by atoms with Gasteiger partial charge in [-0.3, -0.25) is 10.00 Å². The molecule has 0 aromatic carbocycles. The third kappa shape index (κ3) is 3.34. The number of nitrogens with one attached hydrogen (secondary N) is 2. The van der Waals surface area contributed by atoms with E-state index in [2.05, 4.69) is 15.7 Å². The molecule has 1 aliphatic rings. The molecule has 21 heavy (non-hydrogen) atoms. The Morgan fingerprint density at radius 1 is 1.57 bits per heavy atom. The summed E-state index contributed by atoms with van der Waals surface area (Å²) in [5.74, 6) is 0.245. The lowest BCUT2D eigenvalue weighted by Gasteiger charge is -2.27. The molecule has 0 unspecified atom stereocenters. The van der Waals surface area contributed by atoms with Crippen molar-refractivity contribution in [3.63, 3.8) is 0 Å². The van der Waals surface area contributed by atoms with Crippen LogP contribution in [0.5, 0.6) is 0 Å². The van der Waals surface area contributed by atoms with E-state index in [9.17, 15) is 9.90 Å². The van der Waals surface area contributed by atoms with Gasteiger partial charge in [0.05, 0.1) is 12.1 Å². The smallest absolute Gasteiger partial charge is 0.320 e. The fourth-order valence-electron chi connectivity index (χ4n) is 2.58. The van der Waals surface area contributed by atoms with Crippen LogP contribution in [0.4, 0.5) is 10.6 Å². The van der Waals surface area contributed by atoms with Crippen LogP contribution in [0.25, 0.3) is 0 Å². The molecule has 1 heterocycles. The van der Waals surface area contributed by atoms with Crippen molar-refractivity contribution in [3.05, 3.63) is 11.8 Å². The van der Waals surface area contributed by atoms with Crippen LogP contribution in [-0.2, 0) is 0 Å². The first-order valence-corrected chi connectivity index (χ1v) is 7.19. The molecule has 1 aliphatic carbocycles. The fraction of sp³-hybridized carbons (Fsp3) is 0.643. The zero-order chi connectivity index (χ0) is 15.5. The van der Waals surface area contributed by atoms with Crippen LogP contribution in [0.15, 0.2) is 6.20 Å². The average molecular weight is 291 g/mol. The molecule has 114 valence electrons. The maximum absolute atomic E-state index is 12.1. The number of aliphatic hydroxyl groups excluding tert-OH is 1. The molecule has 0 bridgehead atoms. The maximum atomic E-state index is 12.1. The lowest BCUT2D eigenvalue weighted by atomic mass is 9.99. The predicted octanol–water partition coefficient (Wildman–Crippen LogP) is 1.76. The van der Waals surface area contributed by atoms with Gasteiger partial charge < -0.3 is 10.4 Å². The number of carbonyl (C=O) groups is 1. The average Bonchev–Trinajstić information content (AvgIpc) is 3.06. The molecule has 2 amide bonds. The minimum Gasteiger partial charge on any atom is -0.394 e.